The summed E-state index contributed by atoms with van der Waals surface area (Å²) in [7, 11) is 0. The molecule has 12 heteroatoms. The lowest BCUT2D eigenvalue weighted by atomic mass is 9.95. The summed E-state index contributed by atoms with van der Waals surface area (Å²) in [4.78, 5) is 14.5. The molecule has 0 saturated carbocycles. The summed E-state index contributed by atoms with van der Waals surface area (Å²) in [6.07, 6.45) is 1.40. The third kappa shape index (κ3) is 4.30. The van der Waals surface area contributed by atoms with Crippen molar-refractivity contribution in [2.45, 2.75) is 48.0 Å². The highest BCUT2D eigenvalue weighted by Crippen LogP contribution is 2.46. The largest absolute Gasteiger partial charge is 0.508 e. The maximum Gasteiger partial charge on any atom is 0.319 e. The first-order valence-electron chi connectivity index (χ1n) is 14.5. The van der Waals surface area contributed by atoms with Crippen LogP contribution < -0.4 is 19.7 Å². The molecule has 5 aliphatic heterocycles. The zero-order valence-electron chi connectivity index (χ0n) is 23.0. The molecule has 3 aromatic rings. The number of aromatic nitrogens is 2. The number of rotatable bonds is 5. The van der Waals surface area contributed by atoms with Gasteiger partial charge in [0.1, 0.15) is 29.1 Å². The summed E-state index contributed by atoms with van der Waals surface area (Å²) in [5.74, 6) is 0.110. The minimum absolute atomic E-state index is 0.0273. The van der Waals surface area contributed by atoms with E-state index in [2.05, 4.69) is 24.8 Å². The van der Waals surface area contributed by atoms with Gasteiger partial charge in [-0.05, 0) is 54.2 Å². The average Bonchev–Trinajstić information content (AvgIpc) is 3.51. The zero-order chi connectivity index (χ0) is 28.4. The standard InChI is InChI=1S/C30H32F2N6O3S/c31-18-10-30(6-3-7-37(30)13-18)16-41-29-34-26-24(32)25(23-9-21(39)8-17-4-1-2-5-22(17)23)36-42-27(26)28(35-29)38-19-11-33-12-20(38)15-40-14-19/h1-2,4-5,8-9,18-20,33,36,39H,3,6-7,10-16H2/t18-,19?,20?,30+/m1/s1. The predicted octanol–water partition coefficient (Wildman–Crippen LogP) is 3.87. The van der Waals surface area contributed by atoms with E-state index < -0.39 is 12.0 Å². The summed E-state index contributed by atoms with van der Waals surface area (Å²) in [5, 5.41) is 15.5. The number of fused-ring (bicyclic) bond motifs is 5. The lowest BCUT2D eigenvalue weighted by molar-refractivity contribution is 0.0516. The van der Waals surface area contributed by atoms with Gasteiger partial charge in [-0.25, -0.2) is 8.78 Å². The molecule has 220 valence electrons. The number of benzene rings is 2. The fourth-order valence-corrected chi connectivity index (χ4v) is 8.24. The van der Waals surface area contributed by atoms with E-state index in [1.54, 1.807) is 12.1 Å². The fraction of sp³-hybridized carbons (Fsp3) is 0.467. The Balaban J connectivity index is 1.24. The Bertz CT molecular complexity index is 1570. The topological polar surface area (TPSA) is 95.0 Å². The van der Waals surface area contributed by atoms with Gasteiger partial charge < -0.3 is 29.5 Å². The summed E-state index contributed by atoms with van der Waals surface area (Å²) in [6.45, 7) is 4.03. The number of phenols is 1. The molecule has 2 bridgehead atoms. The molecule has 8 rings (SSSR count). The van der Waals surface area contributed by atoms with E-state index in [0.29, 0.717) is 42.5 Å². The maximum absolute atomic E-state index is 16.7. The maximum atomic E-state index is 16.7. The molecule has 5 aliphatic rings. The van der Waals surface area contributed by atoms with E-state index >= 15 is 4.39 Å². The SMILES string of the molecule is Oc1cc(C2=C(F)c3nc(OC[C@@]45CCCN4C[C@H](F)C5)nc(N4C5CNCC4COC5)c3SN2)c2ccccc2c1. The molecule has 4 atom stereocenters. The number of ether oxygens (including phenoxy) is 2. The molecule has 6 heterocycles. The van der Waals surface area contributed by atoms with Gasteiger partial charge in [-0.15, -0.1) is 0 Å². The number of halogens is 2. The lowest BCUT2D eigenvalue weighted by Gasteiger charge is -2.47. The summed E-state index contributed by atoms with van der Waals surface area (Å²) in [5.41, 5.74) is 0.538. The fourth-order valence-electron chi connectivity index (χ4n) is 7.36. The van der Waals surface area contributed by atoms with E-state index in [1.807, 2.05) is 24.3 Å². The first-order chi connectivity index (χ1) is 20.5. The van der Waals surface area contributed by atoms with Crippen molar-refractivity contribution in [3.05, 3.63) is 47.7 Å². The third-order valence-corrected chi connectivity index (χ3v) is 10.2. The second-order valence-electron chi connectivity index (χ2n) is 11.9. The van der Waals surface area contributed by atoms with Crippen molar-refractivity contribution in [2.24, 2.45) is 0 Å². The Labute approximate surface area is 246 Å². The molecular formula is C30H32F2N6O3S. The molecule has 0 spiro atoms. The molecule has 0 aliphatic carbocycles. The van der Waals surface area contributed by atoms with Crippen molar-refractivity contribution in [1.82, 2.24) is 24.9 Å². The highest BCUT2D eigenvalue weighted by atomic mass is 32.2. The van der Waals surface area contributed by atoms with Gasteiger partial charge >= 0.3 is 6.01 Å². The highest BCUT2D eigenvalue weighted by Gasteiger charge is 2.49. The van der Waals surface area contributed by atoms with E-state index in [1.165, 1.54) is 11.9 Å². The van der Waals surface area contributed by atoms with Crippen molar-refractivity contribution in [3.8, 4) is 11.8 Å². The van der Waals surface area contributed by atoms with Crippen LogP contribution in [0.4, 0.5) is 14.6 Å². The Morgan fingerprint density at radius 1 is 1.17 bits per heavy atom. The third-order valence-electron chi connectivity index (χ3n) is 9.27. The van der Waals surface area contributed by atoms with Gasteiger partial charge in [0.15, 0.2) is 11.6 Å². The van der Waals surface area contributed by atoms with Gasteiger partial charge in [0.25, 0.3) is 0 Å². The van der Waals surface area contributed by atoms with Crippen molar-refractivity contribution in [3.63, 3.8) is 0 Å². The van der Waals surface area contributed by atoms with Crippen LogP contribution in [0.25, 0.3) is 22.3 Å². The highest BCUT2D eigenvalue weighted by molar-refractivity contribution is 7.98. The Morgan fingerprint density at radius 3 is 2.86 bits per heavy atom. The molecule has 2 unspecified atom stereocenters. The summed E-state index contributed by atoms with van der Waals surface area (Å²) in [6, 6.07) is 10.9. The molecule has 42 heavy (non-hydrogen) atoms. The van der Waals surface area contributed by atoms with Crippen LogP contribution in [0.3, 0.4) is 0 Å². The molecule has 0 radical (unpaired) electrons. The number of nitrogens with zero attached hydrogens (tertiary/aromatic N) is 4. The first-order valence-corrected chi connectivity index (χ1v) is 15.4. The Morgan fingerprint density at radius 2 is 2.00 bits per heavy atom. The van der Waals surface area contributed by atoms with Crippen LogP contribution in [0, 0.1) is 0 Å². The number of phenolic OH excluding ortho intramolecular Hbond substituents is 1. The first kappa shape index (κ1) is 26.4. The van der Waals surface area contributed by atoms with Gasteiger partial charge in [0.2, 0.25) is 0 Å². The molecular weight excluding hydrogens is 562 g/mol. The van der Waals surface area contributed by atoms with Gasteiger partial charge in [0, 0.05) is 31.6 Å². The number of hydrogen-bond acceptors (Lipinski definition) is 10. The van der Waals surface area contributed by atoms with Crippen LogP contribution in [0.15, 0.2) is 41.3 Å². The molecule has 9 nitrogen and oxygen atoms in total. The molecule has 4 fully saturated rings. The second-order valence-corrected chi connectivity index (χ2v) is 12.7. The minimum atomic E-state index is -0.878. The lowest BCUT2D eigenvalue weighted by Crippen LogP contribution is -2.64. The van der Waals surface area contributed by atoms with E-state index in [9.17, 15) is 9.50 Å². The quantitative estimate of drug-likeness (QED) is 0.378. The van der Waals surface area contributed by atoms with Crippen LogP contribution in [0.1, 0.15) is 30.5 Å². The van der Waals surface area contributed by atoms with Crippen molar-refractivity contribution in [2.75, 3.05) is 50.9 Å². The Kier molecular flexibility index (Phi) is 6.43. The number of alkyl halides is 1. The van der Waals surface area contributed by atoms with Crippen molar-refractivity contribution < 1.29 is 23.4 Å². The van der Waals surface area contributed by atoms with Crippen LogP contribution in [0.5, 0.6) is 11.8 Å². The second kappa shape index (κ2) is 10.2. The summed E-state index contributed by atoms with van der Waals surface area (Å²) >= 11 is 1.26. The Hall–Kier alpha value is -3.19. The molecule has 2 aromatic carbocycles. The van der Waals surface area contributed by atoms with Crippen molar-refractivity contribution in [1.29, 1.82) is 0 Å². The van der Waals surface area contributed by atoms with Gasteiger partial charge in [0.05, 0.1) is 36.5 Å². The molecule has 1 aromatic heterocycles. The van der Waals surface area contributed by atoms with E-state index in [4.69, 9.17) is 14.5 Å². The molecule has 3 N–H and O–H groups in total. The molecule has 4 saturated heterocycles. The number of morpholine rings is 1. The smallest absolute Gasteiger partial charge is 0.319 e. The molecule has 0 amide bonds. The minimum Gasteiger partial charge on any atom is -0.508 e. The number of anilines is 1. The predicted molar refractivity (Wildman–Crippen MR) is 157 cm³/mol. The van der Waals surface area contributed by atoms with Crippen LogP contribution in [-0.4, -0.2) is 89.8 Å². The van der Waals surface area contributed by atoms with Crippen LogP contribution in [0.2, 0.25) is 0 Å². The van der Waals surface area contributed by atoms with Crippen LogP contribution >= 0.6 is 11.9 Å². The van der Waals surface area contributed by atoms with Crippen LogP contribution in [-0.2, 0) is 4.74 Å². The number of piperazine rings is 1. The van der Waals surface area contributed by atoms with Gasteiger partial charge in [-0.2, -0.15) is 9.97 Å². The average molecular weight is 595 g/mol. The zero-order valence-corrected chi connectivity index (χ0v) is 23.8. The summed E-state index contributed by atoms with van der Waals surface area (Å²) < 4.78 is 46.4. The number of aromatic hydroxyl groups is 1. The number of hydrogen-bond donors (Lipinski definition) is 3. The van der Waals surface area contributed by atoms with E-state index in [-0.39, 0.29) is 47.4 Å². The van der Waals surface area contributed by atoms with Crippen molar-refractivity contribution >= 4 is 40.1 Å². The monoisotopic (exact) mass is 594 g/mol. The van der Waals surface area contributed by atoms with E-state index in [0.717, 1.165) is 43.2 Å². The van der Waals surface area contributed by atoms with Gasteiger partial charge in [-0.3, -0.25) is 4.90 Å². The number of nitrogens with one attached hydrogen (secondary N) is 2. The van der Waals surface area contributed by atoms with Gasteiger partial charge in [-0.1, -0.05) is 24.3 Å². The normalized spacial score (nSPS) is 29.0.